The van der Waals surface area contributed by atoms with E-state index in [1.807, 2.05) is 32.0 Å². The summed E-state index contributed by atoms with van der Waals surface area (Å²) in [6, 6.07) is 9.02. The van der Waals surface area contributed by atoms with Crippen LogP contribution in [0.2, 0.25) is 0 Å². The molecule has 2 N–H and O–H groups in total. The molecule has 0 saturated heterocycles. The fraction of sp³-hybridized carbons (Fsp3) is 0.448. The number of carbonyl (C=O) groups excluding carboxylic acids is 2. The number of nitrogens with zero attached hydrogens (tertiary/aromatic N) is 2. The van der Waals surface area contributed by atoms with E-state index < -0.39 is 0 Å². The molecule has 0 radical (unpaired) electrons. The van der Waals surface area contributed by atoms with Gasteiger partial charge in [0.15, 0.2) is 28.2 Å². The van der Waals surface area contributed by atoms with Gasteiger partial charge in [-0.05, 0) is 49.9 Å². The second kappa shape index (κ2) is 14.1. The first-order chi connectivity index (χ1) is 19.8. The van der Waals surface area contributed by atoms with Crippen LogP contribution < -0.4 is 35.1 Å². The third kappa shape index (κ3) is 7.63. The second-order valence-electron chi connectivity index (χ2n) is 9.63. The van der Waals surface area contributed by atoms with Gasteiger partial charge in [0.2, 0.25) is 18.6 Å². The molecular formula is C29H36N4O7S. The third-order valence-corrected chi connectivity index (χ3v) is 7.71. The number of hydrogen-bond donors (Lipinski definition) is 2. The zero-order valence-corrected chi connectivity index (χ0v) is 24.6. The quantitative estimate of drug-likeness (QED) is 0.217. The van der Waals surface area contributed by atoms with Gasteiger partial charge in [-0.1, -0.05) is 24.8 Å². The molecule has 0 saturated carbocycles. The number of ether oxygens (including phenoxy) is 4. The summed E-state index contributed by atoms with van der Waals surface area (Å²) < 4.78 is 23.0. The van der Waals surface area contributed by atoms with Gasteiger partial charge in [-0.2, -0.15) is 0 Å². The number of methoxy groups -OCH3 is 2. The molecule has 0 unspecified atom stereocenters. The van der Waals surface area contributed by atoms with E-state index in [2.05, 4.69) is 15.6 Å². The van der Waals surface area contributed by atoms with Crippen LogP contribution in [0.4, 0.5) is 0 Å². The van der Waals surface area contributed by atoms with Crippen LogP contribution in [0.1, 0.15) is 38.7 Å². The molecule has 41 heavy (non-hydrogen) atoms. The summed E-state index contributed by atoms with van der Waals surface area (Å²) in [7, 11) is 3.17. The van der Waals surface area contributed by atoms with Crippen LogP contribution in [0, 0.1) is 0 Å². The molecule has 0 aliphatic carbocycles. The fourth-order valence-electron chi connectivity index (χ4n) is 4.32. The Kier molecular flexibility index (Phi) is 10.3. The Bertz CT molecular complexity index is 1460. The lowest BCUT2D eigenvalue weighted by Gasteiger charge is -2.15. The monoisotopic (exact) mass is 584 g/mol. The minimum absolute atomic E-state index is 0.0554. The van der Waals surface area contributed by atoms with Crippen molar-refractivity contribution in [3.05, 3.63) is 46.2 Å². The molecule has 0 spiro atoms. The molecule has 1 atom stereocenters. The smallest absolute Gasteiger partial charge is 0.262 e. The van der Waals surface area contributed by atoms with Crippen LogP contribution in [0.25, 0.3) is 10.9 Å². The minimum Gasteiger partial charge on any atom is -0.493 e. The van der Waals surface area contributed by atoms with E-state index in [1.165, 1.54) is 16.3 Å². The Labute approximate surface area is 242 Å². The first-order valence-electron chi connectivity index (χ1n) is 13.6. The number of thioether (sulfide) groups is 1. The maximum Gasteiger partial charge on any atom is 0.262 e. The van der Waals surface area contributed by atoms with E-state index in [-0.39, 0.29) is 48.9 Å². The number of amides is 2. The van der Waals surface area contributed by atoms with E-state index in [1.54, 1.807) is 26.4 Å². The molecule has 11 nitrogen and oxygen atoms in total. The van der Waals surface area contributed by atoms with Crippen molar-refractivity contribution in [3.8, 4) is 23.0 Å². The molecule has 0 bridgehead atoms. The van der Waals surface area contributed by atoms with Crippen molar-refractivity contribution in [2.24, 2.45) is 0 Å². The largest absolute Gasteiger partial charge is 0.493 e. The van der Waals surface area contributed by atoms with Crippen LogP contribution in [0.3, 0.4) is 0 Å². The van der Waals surface area contributed by atoms with Gasteiger partial charge in [-0.15, -0.1) is 0 Å². The summed E-state index contributed by atoms with van der Waals surface area (Å²) >= 11 is 1.19. The van der Waals surface area contributed by atoms with Gasteiger partial charge in [-0.3, -0.25) is 19.0 Å². The minimum atomic E-state index is -0.257. The SMILES string of the molecule is CC[C@H](C)NC(=O)CSc1nc2cc3c(cc2c(=O)n1CCCC(=O)NCCc1ccc(OC)c(OC)c1)OCO3. The van der Waals surface area contributed by atoms with E-state index in [0.29, 0.717) is 58.4 Å². The van der Waals surface area contributed by atoms with Gasteiger partial charge in [-0.25, -0.2) is 4.98 Å². The molecule has 1 aliphatic rings. The maximum absolute atomic E-state index is 13.5. The summed E-state index contributed by atoms with van der Waals surface area (Å²) in [5, 5.41) is 6.66. The van der Waals surface area contributed by atoms with E-state index in [0.717, 1.165) is 12.0 Å². The molecular weight excluding hydrogens is 548 g/mol. The standard InChI is InChI=1S/C29H36N4O7S/c1-5-18(2)31-27(35)16-41-29-32-21-15-25-24(39-17-40-25)14-20(21)28(36)33(29)12-6-7-26(34)30-11-10-19-8-9-22(37-3)23(13-19)38-4/h8-9,13-15,18H,5-7,10-12,16-17H2,1-4H3,(H,30,34)(H,31,35)/t18-/m0/s1. The predicted octanol–water partition coefficient (Wildman–Crippen LogP) is 3.29. The first-order valence-corrected chi connectivity index (χ1v) is 14.6. The molecule has 3 aromatic rings. The number of aromatic nitrogens is 2. The van der Waals surface area contributed by atoms with Crippen molar-refractivity contribution in [3.63, 3.8) is 0 Å². The summed E-state index contributed by atoms with van der Waals surface area (Å²) in [6.07, 6.45) is 2.11. The highest BCUT2D eigenvalue weighted by Gasteiger charge is 2.20. The first kappa shape index (κ1) is 30.0. The van der Waals surface area contributed by atoms with Gasteiger partial charge in [0, 0.05) is 31.6 Å². The Morgan fingerprint density at radius 1 is 1.10 bits per heavy atom. The molecule has 0 fully saturated rings. The zero-order chi connectivity index (χ0) is 29.4. The summed E-state index contributed by atoms with van der Waals surface area (Å²) in [5.41, 5.74) is 1.22. The summed E-state index contributed by atoms with van der Waals surface area (Å²) in [5.74, 6) is 2.17. The van der Waals surface area contributed by atoms with Crippen molar-refractivity contribution >= 4 is 34.5 Å². The van der Waals surface area contributed by atoms with Crippen LogP contribution in [-0.4, -0.2) is 60.7 Å². The topological polar surface area (TPSA) is 130 Å². The molecule has 12 heteroatoms. The second-order valence-corrected chi connectivity index (χ2v) is 10.6. The van der Waals surface area contributed by atoms with Crippen LogP contribution in [0.15, 0.2) is 40.3 Å². The highest BCUT2D eigenvalue weighted by atomic mass is 32.2. The molecule has 1 aromatic heterocycles. The highest BCUT2D eigenvalue weighted by molar-refractivity contribution is 7.99. The van der Waals surface area contributed by atoms with Crippen molar-refractivity contribution in [1.82, 2.24) is 20.2 Å². The van der Waals surface area contributed by atoms with Gasteiger partial charge >= 0.3 is 0 Å². The highest BCUT2D eigenvalue weighted by Crippen LogP contribution is 2.35. The number of benzene rings is 2. The van der Waals surface area contributed by atoms with Crippen LogP contribution in [0.5, 0.6) is 23.0 Å². The van der Waals surface area contributed by atoms with Gasteiger partial charge in [0.05, 0.1) is 30.9 Å². The van der Waals surface area contributed by atoms with E-state index in [4.69, 9.17) is 18.9 Å². The summed E-state index contributed by atoms with van der Waals surface area (Å²) in [6.45, 7) is 4.75. The van der Waals surface area contributed by atoms with E-state index in [9.17, 15) is 14.4 Å². The third-order valence-electron chi connectivity index (χ3n) is 6.73. The summed E-state index contributed by atoms with van der Waals surface area (Å²) in [4.78, 5) is 43.2. The average Bonchev–Trinajstić information content (AvgIpc) is 3.43. The number of rotatable bonds is 14. The molecule has 220 valence electrons. The predicted molar refractivity (Wildman–Crippen MR) is 156 cm³/mol. The van der Waals surface area contributed by atoms with Crippen molar-refractivity contribution < 1.29 is 28.5 Å². The molecule has 4 rings (SSSR count). The van der Waals surface area contributed by atoms with Crippen LogP contribution in [-0.2, 0) is 22.6 Å². The van der Waals surface area contributed by atoms with Gasteiger partial charge in [0.25, 0.3) is 5.56 Å². The molecule has 2 amide bonds. The van der Waals surface area contributed by atoms with E-state index >= 15 is 0 Å². The lowest BCUT2D eigenvalue weighted by atomic mass is 10.1. The Hall–Kier alpha value is -3.93. The normalized spacial score (nSPS) is 12.7. The molecule has 2 aromatic carbocycles. The Morgan fingerprint density at radius 2 is 1.85 bits per heavy atom. The Morgan fingerprint density at radius 3 is 2.59 bits per heavy atom. The average molecular weight is 585 g/mol. The number of fused-ring (bicyclic) bond motifs is 2. The number of hydrogen-bond acceptors (Lipinski definition) is 9. The van der Waals surface area contributed by atoms with Crippen LogP contribution >= 0.6 is 11.8 Å². The fourth-order valence-corrected chi connectivity index (χ4v) is 5.15. The molecule has 2 heterocycles. The Balaban J connectivity index is 1.40. The van der Waals surface area contributed by atoms with Crippen molar-refractivity contribution in [2.75, 3.05) is 33.3 Å². The van der Waals surface area contributed by atoms with Gasteiger partial charge < -0.3 is 29.6 Å². The lowest BCUT2D eigenvalue weighted by Crippen LogP contribution is -2.33. The number of nitrogens with one attached hydrogen (secondary N) is 2. The van der Waals surface area contributed by atoms with Crippen molar-refractivity contribution in [1.29, 1.82) is 0 Å². The number of carbonyl (C=O) groups is 2. The maximum atomic E-state index is 13.5. The zero-order valence-electron chi connectivity index (χ0n) is 23.8. The lowest BCUT2D eigenvalue weighted by molar-refractivity contribution is -0.121. The van der Waals surface area contributed by atoms with Gasteiger partial charge in [0.1, 0.15) is 0 Å². The van der Waals surface area contributed by atoms with Crippen molar-refractivity contribution in [2.45, 2.75) is 57.3 Å². The molecule has 1 aliphatic heterocycles.